The van der Waals surface area contributed by atoms with E-state index in [0.717, 1.165) is 6.42 Å². The van der Waals surface area contributed by atoms with Crippen LogP contribution in [-0.2, 0) is 23.9 Å². The molecule has 40 heavy (non-hydrogen) atoms. The third kappa shape index (κ3) is 6.11. The molecule has 0 aromatic rings. The number of fused-ring (bicyclic) bond motifs is 5. The number of carbonyl (C=O) groups is 4. The normalized spacial score (nSPS) is 31.2. The van der Waals surface area contributed by atoms with Crippen LogP contribution in [0.3, 0.4) is 0 Å². The van der Waals surface area contributed by atoms with Crippen molar-refractivity contribution in [2.45, 2.75) is 83.0 Å². The van der Waals surface area contributed by atoms with E-state index in [2.05, 4.69) is 10.6 Å². The van der Waals surface area contributed by atoms with E-state index < -0.39 is 59.6 Å². The number of halogens is 3. The van der Waals surface area contributed by atoms with Crippen LogP contribution in [0.1, 0.15) is 47.0 Å². The van der Waals surface area contributed by atoms with Gasteiger partial charge in [-0.2, -0.15) is 18.4 Å². The SMILES string of the molecule is C[C@@H](OC(C)(C)C)[C@H](NC(=O)C(F)(F)F)C(=O)N1C[C@H]2[C@@H]([C@H]1C(=O)N[C@H](C#N)C[C@@H]1CCNC1=O)[C@H]1C=C[C@@H]2C1. The van der Waals surface area contributed by atoms with Crippen molar-refractivity contribution in [2.75, 3.05) is 13.1 Å². The molecule has 10 nitrogen and oxygen atoms in total. The fourth-order valence-electron chi connectivity index (χ4n) is 6.74. The van der Waals surface area contributed by atoms with E-state index in [9.17, 15) is 37.6 Å². The molecule has 4 aliphatic rings. The van der Waals surface area contributed by atoms with E-state index in [0.29, 0.717) is 13.0 Å². The number of rotatable bonds is 8. The van der Waals surface area contributed by atoms with Gasteiger partial charge in [0.15, 0.2) is 0 Å². The number of alkyl halides is 3. The summed E-state index contributed by atoms with van der Waals surface area (Å²) in [7, 11) is 0. The van der Waals surface area contributed by atoms with E-state index in [1.165, 1.54) is 11.8 Å². The van der Waals surface area contributed by atoms with Crippen molar-refractivity contribution < 1.29 is 37.1 Å². The maximum Gasteiger partial charge on any atom is 0.471 e. The maximum absolute atomic E-state index is 13.9. The Labute approximate surface area is 231 Å². The van der Waals surface area contributed by atoms with E-state index in [1.807, 2.05) is 18.2 Å². The van der Waals surface area contributed by atoms with Gasteiger partial charge in [0.25, 0.3) is 0 Å². The minimum atomic E-state index is -5.23. The summed E-state index contributed by atoms with van der Waals surface area (Å²) in [5.41, 5.74) is -0.839. The van der Waals surface area contributed by atoms with Gasteiger partial charge in [-0.1, -0.05) is 12.2 Å². The standard InChI is InChI=1S/C27H36F3N5O5/c1-13(40-26(2,3)4)20(34-25(39)27(28,29)30)24(38)35-12-18-14-5-6-15(9-14)19(18)21(35)23(37)33-17(11-31)10-16-7-8-32-22(16)36/h5-6,13-21H,7-10,12H2,1-4H3,(H,32,36)(H,33,37)(H,34,39)/t13-,14-,15+,16+,17+,18-,19+,20+,21+/m1/s1. The second kappa shape index (κ2) is 11.0. The van der Waals surface area contributed by atoms with Crippen molar-refractivity contribution in [2.24, 2.45) is 29.6 Å². The van der Waals surface area contributed by atoms with Crippen LogP contribution in [0.5, 0.6) is 0 Å². The molecule has 0 aromatic carbocycles. The minimum Gasteiger partial charge on any atom is -0.370 e. The number of carbonyl (C=O) groups excluding carboxylic acids is 4. The number of allylic oxidation sites excluding steroid dienone is 2. The van der Waals surface area contributed by atoms with Gasteiger partial charge >= 0.3 is 12.1 Å². The fraction of sp³-hybridized carbons (Fsp3) is 0.741. The van der Waals surface area contributed by atoms with Gasteiger partial charge in [0.05, 0.1) is 17.8 Å². The molecule has 9 atom stereocenters. The first-order chi connectivity index (χ1) is 18.6. The third-order valence-electron chi connectivity index (χ3n) is 8.32. The van der Waals surface area contributed by atoms with E-state index >= 15 is 0 Å². The smallest absolute Gasteiger partial charge is 0.370 e. The van der Waals surface area contributed by atoms with Crippen LogP contribution in [-0.4, -0.2) is 77.6 Å². The number of nitrogens with zero attached hydrogens (tertiary/aromatic N) is 2. The molecule has 4 rings (SSSR count). The van der Waals surface area contributed by atoms with Crippen LogP contribution < -0.4 is 16.0 Å². The average molecular weight is 568 g/mol. The second-order valence-corrected chi connectivity index (χ2v) is 12.2. The highest BCUT2D eigenvalue weighted by Gasteiger charge is 2.59. The first-order valence-corrected chi connectivity index (χ1v) is 13.6. The van der Waals surface area contributed by atoms with Crippen molar-refractivity contribution in [1.82, 2.24) is 20.9 Å². The first-order valence-electron chi connectivity index (χ1n) is 13.6. The summed E-state index contributed by atoms with van der Waals surface area (Å²) in [5.74, 6) is -4.62. The lowest BCUT2D eigenvalue weighted by molar-refractivity contribution is -0.177. The van der Waals surface area contributed by atoms with Gasteiger partial charge in [-0.3, -0.25) is 19.2 Å². The Morgan fingerprint density at radius 3 is 2.45 bits per heavy atom. The molecule has 13 heteroatoms. The molecule has 0 unspecified atom stereocenters. The number of amides is 4. The van der Waals surface area contributed by atoms with Crippen molar-refractivity contribution in [3.8, 4) is 6.07 Å². The zero-order chi connectivity index (χ0) is 29.6. The van der Waals surface area contributed by atoms with Crippen molar-refractivity contribution in [1.29, 1.82) is 5.26 Å². The average Bonchev–Trinajstić information content (AvgIpc) is 3.62. The molecular formula is C27H36F3N5O5. The molecule has 2 bridgehead atoms. The van der Waals surface area contributed by atoms with Crippen LogP contribution in [0, 0.1) is 40.9 Å². The molecular weight excluding hydrogens is 531 g/mol. The van der Waals surface area contributed by atoms with Gasteiger partial charge in [-0.05, 0) is 70.6 Å². The van der Waals surface area contributed by atoms with Gasteiger partial charge in [0, 0.05) is 19.0 Å². The number of hydrogen-bond donors (Lipinski definition) is 3. The summed E-state index contributed by atoms with van der Waals surface area (Å²) >= 11 is 0. The quantitative estimate of drug-likeness (QED) is 0.379. The highest BCUT2D eigenvalue weighted by Crippen LogP contribution is 2.54. The number of hydrogen-bond acceptors (Lipinski definition) is 6. The number of ether oxygens (including phenoxy) is 1. The number of nitrogens with one attached hydrogen (secondary N) is 3. The highest BCUT2D eigenvalue weighted by molar-refractivity contribution is 5.94. The molecule has 0 aromatic heterocycles. The molecule has 4 amide bonds. The van der Waals surface area contributed by atoms with Gasteiger partial charge < -0.3 is 25.6 Å². The zero-order valence-electron chi connectivity index (χ0n) is 23.0. The van der Waals surface area contributed by atoms with Crippen LogP contribution >= 0.6 is 0 Å². The van der Waals surface area contributed by atoms with Crippen molar-refractivity contribution >= 4 is 23.6 Å². The maximum atomic E-state index is 13.9. The Hall–Kier alpha value is -3.14. The summed E-state index contributed by atoms with van der Waals surface area (Å²) in [6.45, 7) is 7.02. The van der Waals surface area contributed by atoms with E-state index in [4.69, 9.17) is 4.74 Å². The zero-order valence-corrected chi connectivity index (χ0v) is 23.0. The van der Waals surface area contributed by atoms with Crippen molar-refractivity contribution in [3.05, 3.63) is 12.2 Å². The molecule has 3 fully saturated rings. The topological polar surface area (TPSA) is 141 Å². The van der Waals surface area contributed by atoms with Crippen LogP contribution in [0.25, 0.3) is 0 Å². The fourth-order valence-corrected chi connectivity index (χ4v) is 6.74. The van der Waals surface area contributed by atoms with E-state index in [1.54, 1.807) is 26.1 Å². The minimum absolute atomic E-state index is 0.00356. The lowest BCUT2D eigenvalue weighted by atomic mass is 9.81. The second-order valence-electron chi connectivity index (χ2n) is 12.2. The van der Waals surface area contributed by atoms with Gasteiger partial charge in [0.2, 0.25) is 17.7 Å². The van der Waals surface area contributed by atoms with Crippen LogP contribution in [0.15, 0.2) is 12.2 Å². The molecule has 2 aliphatic carbocycles. The summed E-state index contributed by atoms with van der Waals surface area (Å²) in [4.78, 5) is 52.9. The Bertz CT molecular complexity index is 1110. The van der Waals surface area contributed by atoms with E-state index in [-0.39, 0.29) is 42.5 Å². The third-order valence-corrected chi connectivity index (χ3v) is 8.32. The van der Waals surface area contributed by atoms with Gasteiger partial charge in [-0.25, -0.2) is 0 Å². The predicted molar refractivity (Wildman–Crippen MR) is 135 cm³/mol. The van der Waals surface area contributed by atoms with Crippen LogP contribution in [0.4, 0.5) is 13.2 Å². The highest BCUT2D eigenvalue weighted by atomic mass is 19.4. The molecule has 3 N–H and O–H groups in total. The predicted octanol–water partition coefficient (Wildman–Crippen LogP) is 1.42. The summed E-state index contributed by atoms with van der Waals surface area (Å²) in [6.07, 6.45) is -0.886. The number of nitriles is 1. The Morgan fingerprint density at radius 2 is 1.88 bits per heavy atom. The molecule has 1 saturated carbocycles. The Morgan fingerprint density at radius 1 is 1.20 bits per heavy atom. The molecule has 2 saturated heterocycles. The van der Waals surface area contributed by atoms with Crippen LogP contribution in [0.2, 0.25) is 0 Å². The number of likely N-dealkylation sites (tertiary alicyclic amines) is 1. The lowest BCUT2D eigenvalue weighted by Crippen LogP contribution is -2.61. The lowest BCUT2D eigenvalue weighted by Gasteiger charge is -2.36. The Balaban J connectivity index is 1.60. The molecule has 2 heterocycles. The summed E-state index contributed by atoms with van der Waals surface area (Å²) in [6, 6.07) is -1.73. The summed E-state index contributed by atoms with van der Waals surface area (Å²) < 4.78 is 45.4. The molecule has 2 aliphatic heterocycles. The molecule has 0 radical (unpaired) electrons. The van der Waals surface area contributed by atoms with Crippen molar-refractivity contribution in [3.63, 3.8) is 0 Å². The summed E-state index contributed by atoms with van der Waals surface area (Å²) in [5, 5.41) is 16.9. The van der Waals surface area contributed by atoms with Gasteiger partial charge in [0.1, 0.15) is 18.1 Å². The monoisotopic (exact) mass is 567 g/mol. The molecule has 0 spiro atoms. The Kier molecular flexibility index (Phi) is 8.23. The largest absolute Gasteiger partial charge is 0.471 e. The molecule has 220 valence electrons. The first kappa shape index (κ1) is 29.8. The van der Waals surface area contributed by atoms with Gasteiger partial charge in [-0.15, -0.1) is 0 Å².